The Morgan fingerprint density at radius 2 is 2.12 bits per heavy atom. The Balaban J connectivity index is 1.51. The first kappa shape index (κ1) is 17.5. The Bertz CT molecular complexity index is 739. The summed E-state index contributed by atoms with van der Waals surface area (Å²) in [6, 6.07) is 4.77. The van der Waals surface area contributed by atoms with Gasteiger partial charge in [0.2, 0.25) is 17.6 Å². The van der Waals surface area contributed by atoms with Gasteiger partial charge in [-0.2, -0.15) is 4.98 Å². The van der Waals surface area contributed by atoms with Crippen LogP contribution in [0.1, 0.15) is 43.6 Å². The summed E-state index contributed by atoms with van der Waals surface area (Å²) >= 11 is 0. The van der Waals surface area contributed by atoms with Gasteiger partial charge >= 0.3 is 0 Å². The van der Waals surface area contributed by atoms with Gasteiger partial charge < -0.3 is 14.9 Å². The molecule has 2 aromatic rings. The number of hydrogen-bond acceptors (Lipinski definition) is 5. The van der Waals surface area contributed by atoms with Crippen molar-refractivity contribution in [2.24, 2.45) is 0 Å². The van der Waals surface area contributed by atoms with E-state index in [2.05, 4.69) is 15.5 Å². The van der Waals surface area contributed by atoms with Crippen LogP contribution in [0.3, 0.4) is 0 Å². The second-order valence-corrected chi connectivity index (χ2v) is 6.55. The molecule has 0 radical (unpaired) electrons. The van der Waals surface area contributed by atoms with E-state index < -0.39 is 0 Å². The molecule has 6 nitrogen and oxygen atoms in total. The molecule has 1 fully saturated rings. The molecule has 0 aliphatic heterocycles. The molecule has 1 aromatic carbocycles. The minimum atomic E-state index is -0.278. The molecule has 1 aliphatic carbocycles. The monoisotopic (exact) mass is 347 g/mol. The average molecular weight is 347 g/mol. The second-order valence-electron chi connectivity index (χ2n) is 6.55. The number of aliphatic hydroxyl groups excluding tert-OH is 1. The zero-order valence-corrected chi connectivity index (χ0v) is 14.2. The molecule has 1 aliphatic rings. The zero-order chi connectivity index (χ0) is 17.8. The summed E-state index contributed by atoms with van der Waals surface area (Å²) in [6.45, 7) is 1.68. The first-order valence-corrected chi connectivity index (χ1v) is 8.58. The number of nitrogens with zero attached hydrogens (tertiary/aromatic N) is 2. The van der Waals surface area contributed by atoms with Crippen LogP contribution in [0.25, 0.3) is 11.4 Å². The van der Waals surface area contributed by atoms with E-state index in [1.165, 1.54) is 6.07 Å². The van der Waals surface area contributed by atoms with E-state index in [4.69, 9.17) is 4.52 Å². The molecule has 0 bridgehead atoms. The first-order chi connectivity index (χ1) is 12.0. The van der Waals surface area contributed by atoms with Gasteiger partial charge in [-0.3, -0.25) is 4.79 Å². The van der Waals surface area contributed by atoms with Crippen LogP contribution in [0.2, 0.25) is 0 Å². The van der Waals surface area contributed by atoms with Gasteiger partial charge in [0, 0.05) is 24.4 Å². The highest BCUT2D eigenvalue weighted by atomic mass is 19.1. The molecule has 1 amide bonds. The van der Waals surface area contributed by atoms with Crippen molar-refractivity contribution in [3.8, 4) is 11.4 Å². The Morgan fingerprint density at radius 3 is 2.84 bits per heavy atom. The number of carbonyl (C=O) groups excluding carboxylic acids is 1. The lowest BCUT2D eigenvalue weighted by atomic mass is 9.93. The molecule has 0 saturated heterocycles. The van der Waals surface area contributed by atoms with Crippen LogP contribution in [0.4, 0.5) is 4.39 Å². The largest absolute Gasteiger partial charge is 0.393 e. The number of benzene rings is 1. The maximum Gasteiger partial charge on any atom is 0.227 e. The fourth-order valence-electron chi connectivity index (χ4n) is 3.00. The molecule has 2 N–H and O–H groups in total. The molecule has 0 spiro atoms. The smallest absolute Gasteiger partial charge is 0.227 e. The third-order valence-corrected chi connectivity index (χ3v) is 4.51. The number of aryl methyl sites for hydroxylation is 2. The van der Waals surface area contributed by atoms with Gasteiger partial charge in [0.15, 0.2) is 0 Å². The van der Waals surface area contributed by atoms with Gasteiger partial charge in [-0.05, 0) is 56.4 Å². The minimum Gasteiger partial charge on any atom is -0.393 e. The van der Waals surface area contributed by atoms with Crippen LogP contribution in [0.5, 0.6) is 0 Å². The standard InChI is InChI=1S/C18H22FN3O3/c1-11-10-12(2-7-15(11)19)18-21-17(25-22-18)9-8-16(24)20-13-3-5-14(23)6-4-13/h2,7,10,13-14,23H,3-6,8-9H2,1H3,(H,20,24). The zero-order valence-electron chi connectivity index (χ0n) is 14.2. The highest BCUT2D eigenvalue weighted by Crippen LogP contribution is 2.20. The first-order valence-electron chi connectivity index (χ1n) is 8.58. The van der Waals surface area contributed by atoms with Gasteiger partial charge in [0.25, 0.3) is 0 Å². The van der Waals surface area contributed by atoms with Gasteiger partial charge in [0.05, 0.1) is 6.10 Å². The van der Waals surface area contributed by atoms with Crippen molar-refractivity contribution in [3.05, 3.63) is 35.5 Å². The van der Waals surface area contributed by atoms with E-state index in [1.807, 2.05) is 0 Å². The molecular weight excluding hydrogens is 325 g/mol. The van der Waals surface area contributed by atoms with Crippen LogP contribution in [0, 0.1) is 12.7 Å². The molecule has 0 atom stereocenters. The molecule has 7 heteroatoms. The summed E-state index contributed by atoms with van der Waals surface area (Å²) in [7, 11) is 0. The van der Waals surface area contributed by atoms with Gasteiger partial charge in [-0.1, -0.05) is 5.16 Å². The lowest BCUT2D eigenvalue weighted by Crippen LogP contribution is -2.38. The summed E-state index contributed by atoms with van der Waals surface area (Å²) in [5.41, 5.74) is 1.19. The molecular formula is C18H22FN3O3. The van der Waals surface area contributed by atoms with E-state index in [-0.39, 0.29) is 30.3 Å². The van der Waals surface area contributed by atoms with Crippen molar-refractivity contribution in [2.45, 2.75) is 57.6 Å². The molecule has 25 heavy (non-hydrogen) atoms. The number of hydrogen-bond donors (Lipinski definition) is 2. The lowest BCUT2D eigenvalue weighted by molar-refractivity contribution is -0.122. The molecule has 0 unspecified atom stereocenters. The molecule has 1 heterocycles. The number of amides is 1. The highest BCUT2D eigenvalue weighted by Gasteiger charge is 2.21. The summed E-state index contributed by atoms with van der Waals surface area (Å²) in [4.78, 5) is 16.3. The molecule has 134 valence electrons. The molecule has 1 aromatic heterocycles. The fourth-order valence-corrected chi connectivity index (χ4v) is 3.00. The van der Waals surface area contributed by atoms with Crippen molar-refractivity contribution >= 4 is 5.91 Å². The number of nitrogens with one attached hydrogen (secondary N) is 1. The normalized spacial score (nSPS) is 20.4. The summed E-state index contributed by atoms with van der Waals surface area (Å²) in [5, 5.41) is 16.4. The van der Waals surface area contributed by atoms with E-state index in [0.717, 1.165) is 25.7 Å². The molecule has 1 saturated carbocycles. The van der Waals surface area contributed by atoms with Gasteiger partial charge in [0.1, 0.15) is 5.82 Å². The van der Waals surface area contributed by atoms with Crippen LogP contribution in [-0.2, 0) is 11.2 Å². The van der Waals surface area contributed by atoms with E-state index in [0.29, 0.717) is 29.3 Å². The third-order valence-electron chi connectivity index (χ3n) is 4.51. The number of aromatic nitrogens is 2. The minimum absolute atomic E-state index is 0.0567. The molecule has 3 rings (SSSR count). The Morgan fingerprint density at radius 1 is 1.36 bits per heavy atom. The van der Waals surface area contributed by atoms with Gasteiger partial charge in [-0.15, -0.1) is 0 Å². The number of aliphatic hydroxyl groups is 1. The van der Waals surface area contributed by atoms with Crippen LogP contribution >= 0.6 is 0 Å². The maximum atomic E-state index is 13.3. The Kier molecular flexibility index (Phi) is 5.43. The SMILES string of the molecule is Cc1cc(-c2noc(CCC(=O)NC3CCC(O)CC3)n2)ccc1F. The van der Waals surface area contributed by atoms with Crippen LogP contribution in [0.15, 0.2) is 22.7 Å². The number of halogens is 1. The average Bonchev–Trinajstić information content (AvgIpc) is 3.07. The summed E-state index contributed by atoms with van der Waals surface area (Å²) in [6.07, 6.45) is 3.46. The summed E-state index contributed by atoms with van der Waals surface area (Å²) < 4.78 is 18.5. The van der Waals surface area contributed by atoms with Crippen LogP contribution < -0.4 is 5.32 Å². The predicted molar refractivity (Wildman–Crippen MR) is 89.2 cm³/mol. The van der Waals surface area contributed by atoms with Crippen molar-refractivity contribution in [3.63, 3.8) is 0 Å². The fraction of sp³-hybridized carbons (Fsp3) is 0.500. The maximum absolute atomic E-state index is 13.3. The Labute approximate surface area is 145 Å². The van der Waals surface area contributed by atoms with Crippen molar-refractivity contribution in [1.29, 1.82) is 0 Å². The Hall–Kier alpha value is -2.28. The van der Waals surface area contributed by atoms with Crippen LogP contribution in [-0.4, -0.2) is 33.3 Å². The van der Waals surface area contributed by atoms with E-state index >= 15 is 0 Å². The lowest BCUT2D eigenvalue weighted by Gasteiger charge is -2.26. The van der Waals surface area contributed by atoms with Crippen molar-refractivity contribution < 1.29 is 18.8 Å². The van der Waals surface area contributed by atoms with E-state index in [1.54, 1.807) is 19.1 Å². The van der Waals surface area contributed by atoms with Crippen molar-refractivity contribution in [1.82, 2.24) is 15.5 Å². The topological polar surface area (TPSA) is 88.2 Å². The number of carbonyl (C=O) groups is 1. The van der Waals surface area contributed by atoms with Gasteiger partial charge in [-0.25, -0.2) is 4.39 Å². The quantitative estimate of drug-likeness (QED) is 0.868. The highest BCUT2D eigenvalue weighted by molar-refractivity contribution is 5.76. The second kappa shape index (κ2) is 7.74. The third kappa shape index (κ3) is 4.63. The number of rotatable bonds is 5. The summed E-state index contributed by atoms with van der Waals surface area (Å²) in [5.74, 6) is 0.434. The van der Waals surface area contributed by atoms with Crippen molar-refractivity contribution in [2.75, 3.05) is 0 Å². The van der Waals surface area contributed by atoms with E-state index in [9.17, 15) is 14.3 Å². The predicted octanol–water partition coefficient (Wildman–Crippen LogP) is 2.54.